The molecule has 0 fully saturated rings. The smallest absolute Gasteiger partial charge is 0.219 e. The summed E-state index contributed by atoms with van der Waals surface area (Å²) in [5, 5.41) is 0.579. The second-order valence-electron chi connectivity index (χ2n) is 5.42. The molecule has 0 saturated heterocycles. The summed E-state index contributed by atoms with van der Waals surface area (Å²) in [6, 6.07) is 8.95. The van der Waals surface area contributed by atoms with Crippen molar-refractivity contribution < 1.29 is 4.74 Å². The number of nitrogens with two attached hydrogens (primary N) is 1. The van der Waals surface area contributed by atoms with E-state index in [0.717, 1.165) is 5.56 Å². The van der Waals surface area contributed by atoms with Gasteiger partial charge in [-0.05, 0) is 23.1 Å². The van der Waals surface area contributed by atoms with E-state index in [9.17, 15) is 0 Å². The number of aromatic nitrogens is 1. The van der Waals surface area contributed by atoms with E-state index < -0.39 is 0 Å². The summed E-state index contributed by atoms with van der Waals surface area (Å²) in [4.78, 5) is 4.29. The first kappa shape index (κ1) is 13.7. The van der Waals surface area contributed by atoms with E-state index >= 15 is 0 Å². The van der Waals surface area contributed by atoms with Crippen LogP contribution >= 0.6 is 11.6 Å². The molecular weight excluding hydrogens is 260 g/mol. The standard InChI is InChI=1S/C15H17ClN2O/c1-15(2,3)10-4-7-14(18-9-10)19-13-8-11(16)5-6-12(13)17/h4-9H,17H2,1-3H3. The molecule has 19 heavy (non-hydrogen) atoms. The highest BCUT2D eigenvalue weighted by Crippen LogP contribution is 2.30. The molecule has 2 aromatic rings. The number of rotatable bonds is 2. The molecule has 0 spiro atoms. The molecule has 0 radical (unpaired) electrons. The summed E-state index contributed by atoms with van der Waals surface area (Å²) in [5.41, 5.74) is 7.58. The van der Waals surface area contributed by atoms with Gasteiger partial charge in [-0.15, -0.1) is 0 Å². The van der Waals surface area contributed by atoms with Crippen molar-refractivity contribution in [2.24, 2.45) is 0 Å². The lowest BCUT2D eigenvalue weighted by atomic mass is 9.88. The maximum Gasteiger partial charge on any atom is 0.219 e. The van der Waals surface area contributed by atoms with Crippen LogP contribution in [0.1, 0.15) is 26.3 Å². The molecule has 100 valence electrons. The fourth-order valence-electron chi connectivity index (χ4n) is 1.59. The minimum absolute atomic E-state index is 0.0701. The van der Waals surface area contributed by atoms with Crippen molar-refractivity contribution in [1.82, 2.24) is 4.98 Å². The van der Waals surface area contributed by atoms with Crippen molar-refractivity contribution >= 4 is 17.3 Å². The molecule has 3 nitrogen and oxygen atoms in total. The Hall–Kier alpha value is -1.74. The van der Waals surface area contributed by atoms with Gasteiger partial charge in [-0.3, -0.25) is 0 Å². The van der Waals surface area contributed by atoms with Gasteiger partial charge in [0.05, 0.1) is 5.69 Å². The average Bonchev–Trinajstić information content (AvgIpc) is 2.33. The van der Waals surface area contributed by atoms with Gasteiger partial charge < -0.3 is 10.5 Å². The maximum absolute atomic E-state index is 5.91. The molecule has 0 saturated carbocycles. The van der Waals surface area contributed by atoms with Crippen LogP contribution in [0.5, 0.6) is 11.6 Å². The number of benzene rings is 1. The third-order valence-electron chi connectivity index (χ3n) is 2.79. The molecule has 0 unspecified atom stereocenters. The largest absolute Gasteiger partial charge is 0.437 e. The number of hydrogen-bond acceptors (Lipinski definition) is 3. The lowest BCUT2D eigenvalue weighted by Crippen LogP contribution is -2.11. The van der Waals surface area contributed by atoms with E-state index in [0.29, 0.717) is 22.3 Å². The van der Waals surface area contributed by atoms with Crippen LogP contribution in [0.25, 0.3) is 0 Å². The number of hydrogen-bond donors (Lipinski definition) is 1. The highest BCUT2D eigenvalue weighted by Gasteiger charge is 2.14. The van der Waals surface area contributed by atoms with E-state index in [1.807, 2.05) is 18.3 Å². The predicted octanol–water partition coefficient (Wildman–Crippen LogP) is 4.41. The van der Waals surface area contributed by atoms with Crippen LogP contribution in [-0.2, 0) is 5.41 Å². The summed E-state index contributed by atoms with van der Waals surface area (Å²) in [6.45, 7) is 6.42. The van der Waals surface area contributed by atoms with Gasteiger partial charge in [-0.2, -0.15) is 0 Å². The van der Waals surface area contributed by atoms with Crippen molar-refractivity contribution in [2.75, 3.05) is 5.73 Å². The first-order chi connectivity index (χ1) is 8.86. The van der Waals surface area contributed by atoms with Crippen LogP contribution in [0.3, 0.4) is 0 Å². The second-order valence-corrected chi connectivity index (χ2v) is 5.86. The Bertz CT molecular complexity index is 574. The zero-order valence-electron chi connectivity index (χ0n) is 11.3. The van der Waals surface area contributed by atoms with Gasteiger partial charge in [-0.25, -0.2) is 4.98 Å². The van der Waals surface area contributed by atoms with Crippen LogP contribution in [0.4, 0.5) is 5.69 Å². The van der Waals surface area contributed by atoms with Crippen LogP contribution in [0.15, 0.2) is 36.5 Å². The molecule has 2 N–H and O–H groups in total. The second kappa shape index (κ2) is 5.10. The van der Waals surface area contributed by atoms with Gasteiger partial charge in [-0.1, -0.05) is 38.4 Å². The summed E-state index contributed by atoms with van der Waals surface area (Å²) in [5.74, 6) is 1.02. The maximum atomic E-state index is 5.91. The van der Waals surface area contributed by atoms with E-state index in [2.05, 4.69) is 25.8 Å². The molecule has 1 heterocycles. The fraction of sp³-hybridized carbons (Fsp3) is 0.267. The van der Waals surface area contributed by atoms with Crippen molar-refractivity contribution in [2.45, 2.75) is 26.2 Å². The average molecular weight is 277 g/mol. The Morgan fingerprint density at radius 2 is 1.89 bits per heavy atom. The number of halogens is 1. The van der Waals surface area contributed by atoms with Crippen molar-refractivity contribution in [3.05, 3.63) is 47.1 Å². The number of ether oxygens (including phenoxy) is 1. The number of nitrogens with zero attached hydrogens (tertiary/aromatic N) is 1. The molecule has 0 atom stereocenters. The SMILES string of the molecule is CC(C)(C)c1ccc(Oc2cc(Cl)ccc2N)nc1. The van der Waals surface area contributed by atoms with Gasteiger partial charge in [0.25, 0.3) is 0 Å². The van der Waals surface area contributed by atoms with Crippen LogP contribution < -0.4 is 10.5 Å². The molecule has 0 amide bonds. The quantitative estimate of drug-likeness (QED) is 0.827. The molecule has 0 bridgehead atoms. The Kier molecular flexibility index (Phi) is 3.67. The van der Waals surface area contributed by atoms with Crippen LogP contribution in [-0.4, -0.2) is 4.98 Å². The molecular formula is C15H17ClN2O. The minimum atomic E-state index is 0.0701. The Morgan fingerprint density at radius 1 is 1.16 bits per heavy atom. The summed E-state index contributed by atoms with van der Waals surface area (Å²) >= 11 is 5.91. The van der Waals surface area contributed by atoms with Crippen LogP contribution in [0.2, 0.25) is 5.02 Å². The minimum Gasteiger partial charge on any atom is -0.437 e. The number of nitrogen functional groups attached to an aromatic ring is 1. The Balaban J connectivity index is 2.22. The van der Waals surface area contributed by atoms with Gasteiger partial charge in [0.2, 0.25) is 5.88 Å². The van der Waals surface area contributed by atoms with E-state index in [1.54, 1.807) is 18.2 Å². The topological polar surface area (TPSA) is 48.1 Å². The van der Waals surface area contributed by atoms with Gasteiger partial charge in [0.1, 0.15) is 0 Å². The Labute approximate surface area is 118 Å². The van der Waals surface area contributed by atoms with E-state index in [-0.39, 0.29) is 5.41 Å². The summed E-state index contributed by atoms with van der Waals surface area (Å²) < 4.78 is 5.64. The molecule has 1 aromatic carbocycles. The highest BCUT2D eigenvalue weighted by molar-refractivity contribution is 6.30. The third-order valence-corrected chi connectivity index (χ3v) is 3.03. The normalized spacial score (nSPS) is 11.4. The summed E-state index contributed by atoms with van der Waals surface area (Å²) in [7, 11) is 0. The van der Waals surface area contributed by atoms with Crippen molar-refractivity contribution in [1.29, 1.82) is 0 Å². The van der Waals surface area contributed by atoms with E-state index in [4.69, 9.17) is 22.1 Å². The lowest BCUT2D eigenvalue weighted by Gasteiger charge is -2.18. The van der Waals surface area contributed by atoms with Gasteiger partial charge >= 0.3 is 0 Å². The Morgan fingerprint density at radius 3 is 2.47 bits per heavy atom. The zero-order valence-corrected chi connectivity index (χ0v) is 12.0. The van der Waals surface area contributed by atoms with Crippen molar-refractivity contribution in [3.8, 4) is 11.6 Å². The molecule has 0 aliphatic heterocycles. The molecule has 1 aromatic heterocycles. The third kappa shape index (κ3) is 3.38. The first-order valence-electron chi connectivity index (χ1n) is 6.06. The first-order valence-corrected chi connectivity index (χ1v) is 6.43. The lowest BCUT2D eigenvalue weighted by molar-refractivity contribution is 0.463. The predicted molar refractivity (Wildman–Crippen MR) is 78.9 cm³/mol. The monoisotopic (exact) mass is 276 g/mol. The summed E-state index contributed by atoms with van der Waals surface area (Å²) in [6.07, 6.45) is 1.82. The van der Waals surface area contributed by atoms with E-state index in [1.165, 1.54) is 0 Å². The van der Waals surface area contributed by atoms with Crippen molar-refractivity contribution in [3.63, 3.8) is 0 Å². The fourth-order valence-corrected chi connectivity index (χ4v) is 1.76. The number of anilines is 1. The zero-order chi connectivity index (χ0) is 14.0. The molecule has 0 aliphatic carbocycles. The number of pyridine rings is 1. The van der Waals surface area contributed by atoms with Crippen LogP contribution in [0, 0.1) is 0 Å². The molecule has 2 rings (SSSR count). The molecule has 0 aliphatic rings. The van der Waals surface area contributed by atoms with Gasteiger partial charge in [0, 0.05) is 23.4 Å². The molecule has 4 heteroatoms. The van der Waals surface area contributed by atoms with Gasteiger partial charge in [0.15, 0.2) is 5.75 Å². The highest BCUT2D eigenvalue weighted by atomic mass is 35.5.